The zero-order chi connectivity index (χ0) is 14.5. The molecule has 0 saturated carbocycles. The second kappa shape index (κ2) is 10.3. The molecule has 2 aliphatic rings. The first-order chi connectivity index (χ1) is 9.80. The summed E-state index contributed by atoms with van der Waals surface area (Å²) in [5, 5.41) is 10.8. The SMILES string of the molecule is C1=CCOC=C1.O=C(O)C1=NCCN1.c1ccncc1. The molecule has 0 aromatic carbocycles. The molecule has 0 unspecified atom stereocenters. The van der Waals surface area contributed by atoms with Crippen LogP contribution in [0.5, 0.6) is 0 Å². The highest BCUT2D eigenvalue weighted by Crippen LogP contribution is 1.87. The van der Waals surface area contributed by atoms with E-state index in [-0.39, 0.29) is 5.84 Å². The van der Waals surface area contributed by atoms with Crippen LogP contribution in [0, 0.1) is 0 Å². The third kappa shape index (κ3) is 7.65. The lowest BCUT2D eigenvalue weighted by atomic mass is 10.5. The summed E-state index contributed by atoms with van der Waals surface area (Å²) >= 11 is 0. The molecule has 0 saturated heterocycles. The van der Waals surface area contributed by atoms with E-state index in [1.54, 1.807) is 18.7 Å². The van der Waals surface area contributed by atoms with Crippen molar-refractivity contribution in [3.63, 3.8) is 0 Å². The number of pyridine rings is 1. The Morgan fingerprint density at radius 3 is 2.25 bits per heavy atom. The predicted molar refractivity (Wildman–Crippen MR) is 76.4 cm³/mol. The molecule has 3 heterocycles. The summed E-state index contributed by atoms with van der Waals surface area (Å²) in [5.74, 6) is -0.882. The Morgan fingerprint density at radius 2 is 2.05 bits per heavy atom. The van der Waals surface area contributed by atoms with Crippen molar-refractivity contribution in [1.29, 1.82) is 0 Å². The molecule has 1 aromatic heterocycles. The Hall–Kier alpha value is -2.63. The van der Waals surface area contributed by atoms with Crippen molar-refractivity contribution in [2.24, 2.45) is 4.99 Å². The van der Waals surface area contributed by atoms with Crippen molar-refractivity contribution in [2.45, 2.75) is 0 Å². The van der Waals surface area contributed by atoms with Crippen molar-refractivity contribution >= 4 is 11.8 Å². The maximum atomic E-state index is 10.0. The first kappa shape index (κ1) is 15.4. The molecule has 0 bridgehead atoms. The second-order valence-corrected chi connectivity index (χ2v) is 3.58. The number of carboxylic acids is 1. The monoisotopic (exact) mass is 275 g/mol. The first-order valence-electron chi connectivity index (χ1n) is 6.10. The second-order valence-electron chi connectivity index (χ2n) is 3.58. The van der Waals surface area contributed by atoms with Gasteiger partial charge >= 0.3 is 5.97 Å². The average molecular weight is 275 g/mol. The Kier molecular flexibility index (Phi) is 7.95. The smallest absolute Gasteiger partial charge is 0.371 e. The summed E-state index contributed by atoms with van der Waals surface area (Å²) in [7, 11) is 0. The van der Waals surface area contributed by atoms with E-state index >= 15 is 0 Å². The minimum absolute atomic E-state index is 0.0880. The maximum absolute atomic E-state index is 10.0. The number of amidine groups is 1. The first-order valence-corrected chi connectivity index (χ1v) is 6.10. The molecule has 0 spiro atoms. The molecule has 0 radical (unpaired) electrons. The number of nitrogens with zero attached hydrogens (tertiary/aromatic N) is 2. The topological polar surface area (TPSA) is 83.8 Å². The fraction of sp³-hybridized carbons (Fsp3) is 0.214. The van der Waals surface area contributed by atoms with Gasteiger partial charge in [-0.05, 0) is 24.3 Å². The molecule has 6 nitrogen and oxygen atoms in total. The van der Waals surface area contributed by atoms with Gasteiger partial charge in [0.2, 0.25) is 5.84 Å². The van der Waals surface area contributed by atoms with Crippen LogP contribution in [-0.4, -0.2) is 41.6 Å². The van der Waals surface area contributed by atoms with Crippen LogP contribution in [-0.2, 0) is 9.53 Å². The molecule has 2 N–H and O–H groups in total. The van der Waals surface area contributed by atoms with E-state index in [0.717, 1.165) is 6.61 Å². The molecule has 0 atom stereocenters. The summed E-state index contributed by atoms with van der Waals surface area (Å²) in [6.45, 7) is 1.97. The Morgan fingerprint density at radius 1 is 1.25 bits per heavy atom. The molecular weight excluding hydrogens is 258 g/mol. The van der Waals surface area contributed by atoms with Crippen molar-refractivity contribution < 1.29 is 14.6 Å². The number of carboxylic acid groups (broad SMARTS) is 1. The number of hydrogen-bond acceptors (Lipinski definition) is 5. The molecule has 0 aliphatic carbocycles. The maximum Gasteiger partial charge on any atom is 0.371 e. The molecule has 0 fully saturated rings. The van der Waals surface area contributed by atoms with E-state index in [0.29, 0.717) is 13.1 Å². The lowest BCUT2D eigenvalue weighted by molar-refractivity contribution is -0.129. The Labute approximate surface area is 117 Å². The molecule has 3 rings (SSSR count). The molecule has 1 aromatic rings. The van der Waals surface area contributed by atoms with Crippen LogP contribution in [0.1, 0.15) is 0 Å². The van der Waals surface area contributed by atoms with Crippen LogP contribution in [0.25, 0.3) is 0 Å². The van der Waals surface area contributed by atoms with Crippen molar-refractivity contribution in [3.05, 3.63) is 55.1 Å². The van der Waals surface area contributed by atoms with Crippen LogP contribution < -0.4 is 5.32 Å². The van der Waals surface area contributed by atoms with E-state index in [1.807, 2.05) is 36.4 Å². The highest BCUT2D eigenvalue weighted by molar-refractivity contribution is 6.34. The third-order valence-corrected chi connectivity index (χ3v) is 2.06. The van der Waals surface area contributed by atoms with Gasteiger partial charge in [0.15, 0.2) is 0 Å². The lowest BCUT2D eigenvalue weighted by Gasteiger charge is -1.94. The lowest BCUT2D eigenvalue weighted by Crippen LogP contribution is -2.26. The van der Waals surface area contributed by atoms with Crippen LogP contribution >= 0.6 is 0 Å². The Balaban J connectivity index is 0.000000152. The summed E-state index contributed by atoms with van der Waals surface area (Å²) in [5.41, 5.74) is 0. The highest BCUT2D eigenvalue weighted by atomic mass is 16.5. The molecule has 106 valence electrons. The number of rotatable bonds is 1. The van der Waals surface area contributed by atoms with Crippen molar-refractivity contribution in [2.75, 3.05) is 19.7 Å². The fourth-order valence-corrected chi connectivity index (χ4v) is 1.20. The molecule has 0 amide bonds. The van der Waals surface area contributed by atoms with Crippen LogP contribution in [0.3, 0.4) is 0 Å². The molecular formula is C14H17N3O3. The number of carbonyl (C=O) groups is 1. The zero-order valence-electron chi connectivity index (χ0n) is 11.0. The summed E-state index contributed by atoms with van der Waals surface area (Å²) in [4.78, 5) is 17.4. The number of hydrogen-bond donors (Lipinski definition) is 2. The van der Waals surface area contributed by atoms with E-state index < -0.39 is 5.97 Å². The standard InChI is InChI=1S/C5H5N.C5H6O.C4H6N2O2/c2*1-2-4-6-5-3-1;7-4(8)3-5-1-2-6-3/h1-5H;1-4H,5H2;1-2H2,(H,5,6)(H,7,8). The largest absolute Gasteiger partial charge is 0.497 e. The number of nitrogens with one attached hydrogen (secondary N) is 1. The van der Waals surface area contributed by atoms with E-state index in [9.17, 15) is 4.79 Å². The van der Waals surface area contributed by atoms with Gasteiger partial charge in [-0.2, -0.15) is 0 Å². The molecule has 6 heteroatoms. The van der Waals surface area contributed by atoms with Crippen molar-refractivity contribution in [3.8, 4) is 0 Å². The molecule has 20 heavy (non-hydrogen) atoms. The van der Waals surface area contributed by atoms with Gasteiger partial charge in [0.05, 0.1) is 12.8 Å². The quantitative estimate of drug-likeness (QED) is 0.805. The van der Waals surface area contributed by atoms with Gasteiger partial charge in [-0.25, -0.2) is 4.79 Å². The van der Waals surface area contributed by atoms with Gasteiger partial charge in [-0.15, -0.1) is 0 Å². The number of aliphatic imine (C=N–C) groups is 1. The number of aromatic nitrogens is 1. The predicted octanol–water partition coefficient (Wildman–Crippen LogP) is 1.24. The van der Waals surface area contributed by atoms with E-state index in [2.05, 4.69) is 15.3 Å². The highest BCUT2D eigenvalue weighted by Gasteiger charge is 2.11. The van der Waals surface area contributed by atoms with E-state index in [4.69, 9.17) is 9.84 Å². The number of aliphatic carboxylic acids is 1. The Bertz CT molecular complexity index is 431. The fourth-order valence-electron chi connectivity index (χ4n) is 1.20. The molecule has 2 aliphatic heterocycles. The van der Waals surface area contributed by atoms with Gasteiger partial charge in [-0.1, -0.05) is 12.1 Å². The van der Waals surface area contributed by atoms with E-state index in [1.165, 1.54) is 0 Å². The number of allylic oxidation sites excluding steroid dienone is 2. The normalized spacial score (nSPS) is 14.5. The van der Waals surface area contributed by atoms with Crippen LogP contribution in [0.4, 0.5) is 0 Å². The minimum atomic E-state index is -0.970. The van der Waals surface area contributed by atoms with Gasteiger partial charge in [0.1, 0.15) is 6.61 Å². The zero-order valence-corrected chi connectivity index (χ0v) is 11.0. The number of ether oxygens (including phenoxy) is 1. The van der Waals surface area contributed by atoms with Gasteiger partial charge in [-0.3, -0.25) is 9.98 Å². The average Bonchev–Trinajstić information content (AvgIpc) is 3.07. The van der Waals surface area contributed by atoms with Gasteiger partial charge in [0, 0.05) is 18.9 Å². The van der Waals surface area contributed by atoms with Crippen LogP contribution in [0.15, 0.2) is 60.1 Å². The van der Waals surface area contributed by atoms with Gasteiger partial charge in [0.25, 0.3) is 0 Å². The van der Waals surface area contributed by atoms with Crippen LogP contribution in [0.2, 0.25) is 0 Å². The summed E-state index contributed by atoms with van der Waals surface area (Å²) in [6.07, 6.45) is 11.0. The summed E-state index contributed by atoms with van der Waals surface area (Å²) in [6, 6.07) is 5.72. The van der Waals surface area contributed by atoms with Crippen molar-refractivity contribution in [1.82, 2.24) is 10.3 Å². The minimum Gasteiger partial charge on any atom is -0.497 e. The third-order valence-electron chi connectivity index (χ3n) is 2.06. The van der Waals surface area contributed by atoms with Gasteiger partial charge < -0.3 is 15.2 Å². The summed E-state index contributed by atoms with van der Waals surface area (Å²) < 4.78 is 4.80.